The molecule has 0 amide bonds. The van der Waals surface area contributed by atoms with Crippen molar-refractivity contribution in [3.8, 4) is 0 Å². The second-order valence-corrected chi connectivity index (χ2v) is 7.33. The monoisotopic (exact) mass is 524 g/mol. The average molecular weight is 524 g/mol. The van der Waals surface area contributed by atoms with Crippen molar-refractivity contribution in [3.63, 3.8) is 0 Å². The molecule has 2 N–H and O–H groups in total. The molecule has 0 aliphatic rings. The molecule has 184 valence electrons. The van der Waals surface area contributed by atoms with Crippen molar-refractivity contribution >= 4 is 35.0 Å². The Morgan fingerprint density at radius 3 is 0.882 bits per heavy atom. The summed E-state index contributed by atoms with van der Waals surface area (Å²) >= 11 is 4.83. The van der Waals surface area contributed by atoms with Gasteiger partial charge in [-0.25, -0.2) is 0 Å². The van der Waals surface area contributed by atoms with Crippen LogP contribution < -0.4 is 10.6 Å². The number of hydrogen-bond acceptors (Lipinski definition) is 3. The lowest BCUT2D eigenvalue weighted by Crippen LogP contribution is -2.11. The average Bonchev–Trinajstić information content (AvgIpc) is 3.25. The van der Waals surface area contributed by atoms with Gasteiger partial charge in [-0.15, -0.1) is 0 Å². The van der Waals surface area contributed by atoms with Crippen LogP contribution >= 0.6 is 12.2 Å². The van der Waals surface area contributed by atoms with E-state index in [1.807, 2.05) is 0 Å². The summed E-state index contributed by atoms with van der Waals surface area (Å²) in [7, 11) is 0. The van der Waals surface area contributed by atoms with Crippen LogP contribution in [0.2, 0.25) is 0 Å². The predicted octanol–water partition coefficient (Wildman–Crippen LogP) is 8.85. The topological polar surface area (TPSA) is 24.1 Å². The van der Waals surface area contributed by atoms with Gasteiger partial charge in [0, 0.05) is 11.4 Å². The van der Waals surface area contributed by atoms with Gasteiger partial charge >= 0.3 is 24.7 Å². The molecule has 3 aromatic carbocycles. The third-order valence-electron chi connectivity index (χ3n) is 4.36. The van der Waals surface area contributed by atoms with Crippen molar-refractivity contribution in [2.45, 2.75) is 24.7 Å². The third-order valence-corrected chi connectivity index (χ3v) is 4.76. The summed E-state index contributed by atoms with van der Waals surface area (Å²) in [5.41, 5.74) is -8.49. The molecular weight excluding hydrogens is 516 g/mol. The van der Waals surface area contributed by atoms with Crippen LogP contribution in [0.25, 0.3) is 0 Å². The zero-order valence-electron chi connectivity index (χ0n) is 15.9. The van der Waals surface area contributed by atoms with E-state index < -0.39 is 58.3 Å². The van der Waals surface area contributed by atoms with Crippen molar-refractivity contribution in [2.75, 3.05) is 10.6 Å². The molecule has 0 aliphatic carbocycles. The van der Waals surface area contributed by atoms with E-state index in [1.165, 1.54) is 0 Å². The Kier molecular flexibility index (Phi) is 6.08. The minimum Gasteiger partial charge on any atom is -0.353 e. The first-order valence-electron chi connectivity index (χ1n) is 8.69. The van der Waals surface area contributed by atoms with Crippen LogP contribution in [-0.2, 0) is 24.7 Å². The number of hydrogen-bond donors (Lipinski definition) is 2. The van der Waals surface area contributed by atoms with Gasteiger partial charge in [0.1, 0.15) is 0 Å². The van der Waals surface area contributed by atoms with Crippen LogP contribution in [0.5, 0.6) is 0 Å². The Morgan fingerprint density at radius 2 is 0.676 bits per heavy atom. The van der Waals surface area contributed by atoms with Crippen molar-refractivity contribution in [1.29, 1.82) is 0 Å². The van der Waals surface area contributed by atoms with E-state index in [-0.39, 0.29) is 28.0 Å². The molecule has 0 fully saturated rings. The van der Waals surface area contributed by atoms with E-state index in [1.54, 1.807) is 0 Å². The van der Waals surface area contributed by atoms with E-state index >= 15 is 0 Å². The van der Waals surface area contributed by atoms with Gasteiger partial charge in [-0.3, -0.25) is 0 Å². The Balaban J connectivity index is 1.94. The van der Waals surface area contributed by atoms with Gasteiger partial charge in [0.15, 0.2) is 0 Å². The molecular formula is C19H8F12N2S. The summed E-state index contributed by atoms with van der Waals surface area (Å²) in [6.07, 6.45) is -20.5. The Labute approximate surface area is 186 Å². The fraction of sp³-hybridized carbons (Fsp3) is 0.211. The molecule has 0 atom stereocenters. The zero-order chi connectivity index (χ0) is 25.9. The molecule has 0 radical (unpaired) electrons. The van der Waals surface area contributed by atoms with E-state index in [0.29, 0.717) is 24.3 Å². The smallest absolute Gasteiger partial charge is 0.353 e. The van der Waals surface area contributed by atoms with Gasteiger partial charge in [0.2, 0.25) is 0 Å². The number of alkyl halides is 12. The van der Waals surface area contributed by atoms with Crippen LogP contribution in [0.15, 0.2) is 36.4 Å². The Bertz CT molecular complexity index is 1070. The number of halogens is 12. The number of anilines is 4. The molecule has 0 aliphatic heterocycles. The molecule has 34 heavy (non-hydrogen) atoms. The zero-order valence-corrected chi connectivity index (χ0v) is 16.7. The van der Waals surface area contributed by atoms with Crippen molar-refractivity contribution < 1.29 is 52.7 Å². The molecule has 15 heteroatoms. The summed E-state index contributed by atoms with van der Waals surface area (Å²) in [5.74, 6) is 0. The molecule has 0 saturated heterocycles. The highest BCUT2D eigenvalue weighted by Gasteiger charge is 2.38. The van der Waals surface area contributed by atoms with Crippen LogP contribution in [0.3, 0.4) is 0 Å². The second kappa shape index (κ2) is 8.06. The maximum absolute atomic E-state index is 13.0. The maximum atomic E-state index is 13.0. The van der Waals surface area contributed by atoms with Gasteiger partial charge in [0.05, 0.1) is 38.1 Å². The highest BCUT2D eigenvalue weighted by Crippen LogP contribution is 2.45. The summed E-state index contributed by atoms with van der Waals surface area (Å²) in [6.45, 7) is 0. The predicted molar refractivity (Wildman–Crippen MR) is 99.1 cm³/mol. The van der Waals surface area contributed by atoms with Gasteiger partial charge in [0.25, 0.3) is 0 Å². The van der Waals surface area contributed by atoms with Crippen LogP contribution in [-0.4, -0.2) is 0 Å². The van der Waals surface area contributed by atoms with Crippen LogP contribution in [0.4, 0.5) is 75.4 Å². The Morgan fingerprint density at radius 1 is 0.441 bits per heavy atom. The molecule has 3 aromatic rings. The fourth-order valence-corrected chi connectivity index (χ4v) is 3.01. The first-order chi connectivity index (χ1) is 15.3. The molecule has 0 bridgehead atoms. The van der Waals surface area contributed by atoms with E-state index in [4.69, 9.17) is 12.2 Å². The first kappa shape index (κ1) is 25.6. The van der Waals surface area contributed by atoms with Gasteiger partial charge in [-0.1, -0.05) is 12.2 Å². The molecule has 0 spiro atoms. The van der Waals surface area contributed by atoms with E-state index in [9.17, 15) is 52.7 Å². The van der Waals surface area contributed by atoms with E-state index in [2.05, 4.69) is 10.6 Å². The molecule has 3 rings (SSSR count). The number of nitrogens with one attached hydrogen (secondary N) is 2. The molecule has 0 saturated carbocycles. The van der Waals surface area contributed by atoms with Crippen LogP contribution in [0, 0.1) is 4.51 Å². The normalized spacial score (nSPS) is 13.4. The summed E-state index contributed by atoms with van der Waals surface area (Å²) in [4.78, 5) is 0. The van der Waals surface area contributed by atoms with Crippen molar-refractivity contribution in [2.24, 2.45) is 0 Å². The summed E-state index contributed by atoms with van der Waals surface area (Å²) in [6, 6.07) is 1.12. The SMILES string of the molecule is FC(F)(F)c1cc(Nc2c(Nc3cc(C(F)(F)F)cc(C(F)(F)F)c3)c2=S)cc(C(F)(F)F)c1. The number of benzene rings is 2. The van der Waals surface area contributed by atoms with Crippen LogP contribution in [0.1, 0.15) is 22.3 Å². The second-order valence-electron chi connectivity index (χ2n) is 6.92. The lowest BCUT2D eigenvalue weighted by atomic mass is 10.1. The van der Waals surface area contributed by atoms with Crippen molar-refractivity contribution in [3.05, 3.63) is 63.2 Å². The first-order valence-corrected chi connectivity index (χ1v) is 9.09. The lowest BCUT2D eigenvalue weighted by Gasteiger charge is -2.15. The quantitative estimate of drug-likeness (QED) is 0.263. The minimum absolute atomic E-state index is 0.120. The fourth-order valence-electron chi connectivity index (χ4n) is 2.75. The molecule has 0 aromatic heterocycles. The highest BCUT2D eigenvalue weighted by molar-refractivity contribution is 7.72. The largest absolute Gasteiger partial charge is 0.416 e. The van der Waals surface area contributed by atoms with Crippen molar-refractivity contribution in [1.82, 2.24) is 0 Å². The molecule has 0 heterocycles. The lowest BCUT2D eigenvalue weighted by molar-refractivity contribution is -0.144. The highest BCUT2D eigenvalue weighted by atomic mass is 32.1. The van der Waals surface area contributed by atoms with E-state index in [0.717, 1.165) is 0 Å². The summed E-state index contributed by atoms with van der Waals surface area (Å²) < 4.78 is 155. The minimum atomic E-state index is -5.14. The van der Waals surface area contributed by atoms with Gasteiger partial charge in [-0.2, -0.15) is 52.7 Å². The maximum Gasteiger partial charge on any atom is 0.416 e. The molecule has 2 nitrogen and oxygen atoms in total. The van der Waals surface area contributed by atoms with Gasteiger partial charge < -0.3 is 10.6 Å². The van der Waals surface area contributed by atoms with Gasteiger partial charge in [-0.05, 0) is 36.4 Å². The standard InChI is InChI=1S/C19H8F12N2S/c20-16(21,22)7-1-8(17(23,24)25)4-11(3-7)32-13-14(15(13)34)33-12-5-9(18(26,27)28)2-10(6-12)19(29,30)31/h1-6,32-33H. The summed E-state index contributed by atoms with van der Waals surface area (Å²) in [5, 5.41) is 4.36. The Hall–Kier alpha value is -2.97. The molecule has 0 unspecified atom stereocenters. The number of rotatable bonds is 4. The third kappa shape index (κ3) is 5.74.